The van der Waals surface area contributed by atoms with Crippen molar-refractivity contribution in [3.8, 4) is 11.1 Å². The van der Waals surface area contributed by atoms with Gasteiger partial charge in [-0.25, -0.2) is 4.98 Å². The van der Waals surface area contributed by atoms with Crippen LogP contribution in [0.2, 0.25) is 0 Å². The second-order valence-corrected chi connectivity index (χ2v) is 9.32. The molecule has 5 nitrogen and oxygen atoms in total. The predicted octanol–water partition coefficient (Wildman–Crippen LogP) is 4.63. The maximum absolute atomic E-state index is 13.2. The monoisotopic (exact) mass is 429 g/mol. The lowest BCUT2D eigenvalue weighted by Crippen LogP contribution is -2.36. The first kappa shape index (κ1) is 21.6. The Bertz CT molecular complexity index is 1110. The molecule has 0 spiro atoms. The fourth-order valence-electron chi connectivity index (χ4n) is 3.28. The lowest BCUT2D eigenvalue weighted by molar-refractivity contribution is -0.129. The average Bonchev–Trinajstić information content (AvgIpc) is 3.12. The highest BCUT2D eigenvalue weighted by Crippen LogP contribution is 2.33. The van der Waals surface area contributed by atoms with Crippen molar-refractivity contribution in [2.24, 2.45) is 7.05 Å². The van der Waals surface area contributed by atoms with Gasteiger partial charge in [-0.2, -0.15) is 0 Å². The van der Waals surface area contributed by atoms with Crippen molar-refractivity contribution in [2.45, 2.75) is 45.0 Å². The van der Waals surface area contributed by atoms with Gasteiger partial charge in [-0.15, -0.1) is 11.3 Å². The Morgan fingerprint density at radius 1 is 1.24 bits per heavy atom. The SMILES string of the molecule is CCN(CC)C(=O)C(C)Sc1nc2scc(-c3ccc(C)c(C)c3)c2c(=O)n1C. The van der Waals surface area contributed by atoms with Crippen molar-refractivity contribution in [2.75, 3.05) is 13.1 Å². The molecule has 154 valence electrons. The minimum Gasteiger partial charge on any atom is -0.342 e. The number of thioether (sulfide) groups is 1. The maximum Gasteiger partial charge on any atom is 0.263 e. The van der Waals surface area contributed by atoms with Crippen LogP contribution in [0.4, 0.5) is 0 Å². The molecular formula is C22H27N3O2S2. The first-order chi connectivity index (χ1) is 13.8. The van der Waals surface area contributed by atoms with E-state index in [-0.39, 0.29) is 16.7 Å². The summed E-state index contributed by atoms with van der Waals surface area (Å²) >= 11 is 2.82. The Kier molecular flexibility index (Phi) is 6.49. The van der Waals surface area contributed by atoms with Gasteiger partial charge in [-0.3, -0.25) is 14.2 Å². The first-order valence-corrected chi connectivity index (χ1v) is 11.6. The van der Waals surface area contributed by atoms with Crippen LogP contribution in [0.1, 0.15) is 31.9 Å². The van der Waals surface area contributed by atoms with Crippen LogP contribution in [-0.2, 0) is 11.8 Å². The lowest BCUT2D eigenvalue weighted by Gasteiger charge is -2.22. The molecule has 1 atom stereocenters. The van der Waals surface area contributed by atoms with Crippen LogP contribution >= 0.6 is 23.1 Å². The third-order valence-electron chi connectivity index (χ3n) is 5.30. The zero-order valence-corrected chi connectivity index (χ0v) is 19.4. The Hall–Kier alpha value is -2.12. The number of nitrogens with zero attached hydrogens (tertiary/aromatic N) is 3. The normalized spacial score (nSPS) is 12.3. The summed E-state index contributed by atoms with van der Waals surface area (Å²) in [5.74, 6) is 0.0661. The Labute approximate surface area is 179 Å². The molecule has 3 aromatic rings. The first-order valence-electron chi connectivity index (χ1n) is 9.79. The van der Waals surface area contributed by atoms with E-state index >= 15 is 0 Å². The van der Waals surface area contributed by atoms with E-state index < -0.39 is 0 Å². The summed E-state index contributed by atoms with van der Waals surface area (Å²) in [6.07, 6.45) is 0. The summed E-state index contributed by atoms with van der Waals surface area (Å²) in [5, 5.41) is 2.92. The van der Waals surface area contributed by atoms with Crippen LogP contribution < -0.4 is 5.56 Å². The highest BCUT2D eigenvalue weighted by molar-refractivity contribution is 8.00. The molecule has 0 aliphatic heterocycles. The number of carbonyl (C=O) groups excluding carboxylic acids is 1. The third-order valence-corrected chi connectivity index (χ3v) is 7.30. The highest BCUT2D eigenvalue weighted by Gasteiger charge is 2.23. The number of hydrogen-bond donors (Lipinski definition) is 0. The van der Waals surface area contributed by atoms with Crippen LogP contribution in [0.25, 0.3) is 21.3 Å². The number of fused-ring (bicyclic) bond motifs is 1. The minimum absolute atomic E-state index is 0.0661. The van der Waals surface area contributed by atoms with Gasteiger partial charge in [0.15, 0.2) is 5.16 Å². The smallest absolute Gasteiger partial charge is 0.263 e. The van der Waals surface area contributed by atoms with Crippen LogP contribution in [0.15, 0.2) is 33.5 Å². The molecule has 1 amide bonds. The molecule has 29 heavy (non-hydrogen) atoms. The van der Waals surface area contributed by atoms with E-state index in [1.165, 1.54) is 34.2 Å². The minimum atomic E-state index is -0.301. The van der Waals surface area contributed by atoms with Gasteiger partial charge in [-0.05, 0) is 51.3 Å². The van der Waals surface area contributed by atoms with Gasteiger partial charge in [0.25, 0.3) is 5.56 Å². The highest BCUT2D eigenvalue weighted by atomic mass is 32.2. The van der Waals surface area contributed by atoms with E-state index in [4.69, 9.17) is 4.98 Å². The number of rotatable bonds is 6. The summed E-state index contributed by atoms with van der Waals surface area (Å²) in [7, 11) is 1.73. The van der Waals surface area contributed by atoms with Crippen LogP contribution in [0.5, 0.6) is 0 Å². The van der Waals surface area contributed by atoms with Gasteiger partial charge in [0, 0.05) is 31.1 Å². The zero-order chi connectivity index (χ0) is 21.3. The summed E-state index contributed by atoms with van der Waals surface area (Å²) in [4.78, 5) is 33.0. The number of amides is 1. The molecule has 2 aromatic heterocycles. The van der Waals surface area contributed by atoms with Crippen LogP contribution in [0, 0.1) is 13.8 Å². The average molecular weight is 430 g/mol. The van der Waals surface area contributed by atoms with Gasteiger partial charge in [0.05, 0.1) is 10.6 Å². The molecule has 2 heterocycles. The van der Waals surface area contributed by atoms with Crippen molar-refractivity contribution in [1.82, 2.24) is 14.5 Å². The fraction of sp³-hybridized carbons (Fsp3) is 0.409. The number of carbonyl (C=O) groups is 1. The number of benzene rings is 1. The van der Waals surface area contributed by atoms with Gasteiger partial charge in [0.1, 0.15) is 4.83 Å². The van der Waals surface area contributed by atoms with Gasteiger partial charge >= 0.3 is 0 Å². The number of aryl methyl sites for hydroxylation is 2. The number of thiophene rings is 1. The molecule has 0 aliphatic rings. The molecule has 7 heteroatoms. The van der Waals surface area contributed by atoms with E-state index in [1.807, 2.05) is 26.2 Å². The molecule has 0 N–H and O–H groups in total. The van der Waals surface area contributed by atoms with Gasteiger partial charge in [0.2, 0.25) is 5.91 Å². The quantitative estimate of drug-likeness (QED) is 0.424. The summed E-state index contributed by atoms with van der Waals surface area (Å²) in [6.45, 7) is 11.3. The summed E-state index contributed by atoms with van der Waals surface area (Å²) < 4.78 is 1.57. The molecule has 0 fully saturated rings. The Morgan fingerprint density at radius 3 is 2.55 bits per heavy atom. The largest absolute Gasteiger partial charge is 0.342 e. The predicted molar refractivity (Wildman–Crippen MR) is 123 cm³/mol. The second-order valence-electron chi connectivity index (χ2n) is 7.16. The molecule has 0 radical (unpaired) electrons. The van der Waals surface area contributed by atoms with Crippen LogP contribution in [0.3, 0.4) is 0 Å². The molecule has 0 saturated carbocycles. The molecule has 0 bridgehead atoms. The molecule has 1 aromatic carbocycles. The third kappa shape index (κ3) is 4.12. The lowest BCUT2D eigenvalue weighted by atomic mass is 10.0. The summed E-state index contributed by atoms with van der Waals surface area (Å²) in [6, 6.07) is 6.25. The number of hydrogen-bond acceptors (Lipinski definition) is 5. The van der Waals surface area contributed by atoms with Gasteiger partial charge < -0.3 is 4.90 Å². The van der Waals surface area contributed by atoms with E-state index in [0.717, 1.165) is 11.1 Å². The fourth-order valence-corrected chi connectivity index (χ4v) is 5.23. The van der Waals surface area contributed by atoms with Crippen molar-refractivity contribution in [3.63, 3.8) is 0 Å². The van der Waals surface area contributed by atoms with Crippen molar-refractivity contribution in [1.29, 1.82) is 0 Å². The van der Waals surface area contributed by atoms with Crippen molar-refractivity contribution >= 4 is 39.2 Å². The van der Waals surface area contributed by atoms with Crippen molar-refractivity contribution < 1.29 is 4.79 Å². The molecule has 0 saturated heterocycles. The van der Waals surface area contributed by atoms with E-state index in [0.29, 0.717) is 28.5 Å². The Balaban J connectivity index is 2.01. The maximum atomic E-state index is 13.2. The molecule has 3 rings (SSSR count). The second kappa shape index (κ2) is 8.71. The molecular weight excluding hydrogens is 402 g/mol. The van der Waals surface area contributed by atoms with E-state index in [1.54, 1.807) is 16.5 Å². The molecule has 1 unspecified atom stereocenters. The Morgan fingerprint density at radius 2 is 1.93 bits per heavy atom. The topological polar surface area (TPSA) is 55.2 Å². The standard InChI is InChI=1S/C22H27N3O2S2/c1-7-25(8-2)20(26)15(5)29-22-23-19-18(21(27)24(22)6)17(12-28-19)16-10-9-13(3)14(4)11-16/h9-12,15H,7-8H2,1-6H3. The summed E-state index contributed by atoms with van der Waals surface area (Å²) in [5.41, 5.74) is 4.30. The van der Waals surface area contributed by atoms with E-state index in [2.05, 4.69) is 32.0 Å². The van der Waals surface area contributed by atoms with Crippen LogP contribution in [-0.4, -0.2) is 38.7 Å². The van der Waals surface area contributed by atoms with Crippen molar-refractivity contribution in [3.05, 3.63) is 45.1 Å². The van der Waals surface area contributed by atoms with E-state index in [9.17, 15) is 9.59 Å². The molecule has 0 aliphatic carbocycles. The zero-order valence-electron chi connectivity index (χ0n) is 17.8. The van der Waals surface area contributed by atoms with Gasteiger partial charge in [-0.1, -0.05) is 30.0 Å². The number of aromatic nitrogens is 2.